The van der Waals surface area contributed by atoms with E-state index in [0.717, 1.165) is 12.8 Å². The van der Waals surface area contributed by atoms with Gasteiger partial charge in [-0.15, -0.1) is 10.2 Å². The number of fused-ring (bicyclic) bond motifs is 1. The van der Waals surface area contributed by atoms with Crippen molar-refractivity contribution in [2.24, 2.45) is 5.92 Å². The summed E-state index contributed by atoms with van der Waals surface area (Å²) in [5.41, 5.74) is 0.492. The number of esters is 1. The lowest BCUT2D eigenvalue weighted by Gasteiger charge is -2.31. The van der Waals surface area contributed by atoms with Crippen LogP contribution in [0.3, 0.4) is 0 Å². The van der Waals surface area contributed by atoms with E-state index in [1.54, 1.807) is 28.5 Å². The second-order valence-electron chi connectivity index (χ2n) is 5.90. The van der Waals surface area contributed by atoms with Gasteiger partial charge in [-0.05, 0) is 25.8 Å². The van der Waals surface area contributed by atoms with Crippen LogP contribution < -0.4 is 0 Å². The number of halogens is 2. The zero-order valence-electron chi connectivity index (χ0n) is 14.2. The zero-order valence-corrected chi connectivity index (χ0v) is 16.5. The summed E-state index contributed by atoms with van der Waals surface area (Å²) in [7, 11) is 0. The number of ether oxygens (including phenoxy) is 1. The van der Waals surface area contributed by atoms with Crippen molar-refractivity contribution in [3.8, 4) is 0 Å². The van der Waals surface area contributed by atoms with Crippen LogP contribution in [0.15, 0.2) is 17.4 Å². The number of likely N-dealkylation sites (tertiary alicyclic amines) is 1. The lowest BCUT2D eigenvalue weighted by molar-refractivity contribution is -0.151. The highest BCUT2D eigenvalue weighted by Crippen LogP contribution is 2.26. The molecular formula is C16H18Cl2N4O3S. The van der Waals surface area contributed by atoms with Gasteiger partial charge in [-0.3, -0.25) is 14.0 Å². The van der Waals surface area contributed by atoms with Crippen LogP contribution in [0, 0.1) is 5.92 Å². The third kappa shape index (κ3) is 4.24. The van der Waals surface area contributed by atoms with Gasteiger partial charge in [-0.25, -0.2) is 0 Å². The van der Waals surface area contributed by atoms with E-state index in [0.29, 0.717) is 40.5 Å². The fourth-order valence-corrected chi connectivity index (χ4v) is 4.20. The molecule has 1 amide bonds. The minimum atomic E-state index is -0.246. The zero-order chi connectivity index (χ0) is 18.7. The van der Waals surface area contributed by atoms with Gasteiger partial charge in [0.2, 0.25) is 5.91 Å². The minimum Gasteiger partial charge on any atom is -0.466 e. The van der Waals surface area contributed by atoms with Crippen LogP contribution in [0.5, 0.6) is 0 Å². The van der Waals surface area contributed by atoms with Crippen molar-refractivity contribution in [2.45, 2.75) is 24.9 Å². The summed E-state index contributed by atoms with van der Waals surface area (Å²) in [6.45, 7) is 3.18. The van der Waals surface area contributed by atoms with E-state index in [-0.39, 0.29) is 23.5 Å². The molecule has 2 aromatic rings. The minimum absolute atomic E-state index is 0.0473. The third-order valence-corrected chi connectivity index (χ3v) is 5.53. The lowest BCUT2D eigenvalue weighted by Crippen LogP contribution is -2.43. The Morgan fingerprint density at radius 2 is 2.19 bits per heavy atom. The van der Waals surface area contributed by atoms with Crippen LogP contribution >= 0.6 is 35.0 Å². The Labute approximate surface area is 165 Å². The van der Waals surface area contributed by atoms with E-state index >= 15 is 0 Å². The van der Waals surface area contributed by atoms with Crippen LogP contribution in [0.2, 0.25) is 10.0 Å². The number of hydrogen-bond acceptors (Lipinski definition) is 6. The molecule has 1 unspecified atom stereocenters. The average molecular weight is 417 g/mol. The Bertz CT molecular complexity index is 829. The fraction of sp³-hybridized carbons (Fsp3) is 0.500. The largest absolute Gasteiger partial charge is 0.466 e. The first-order valence-electron chi connectivity index (χ1n) is 8.26. The standard InChI is InChI=1S/C16H18Cl2N4O3S/c1-2-25-15(24)10-4-3-5-21(7-10)13(23)9-26-16-20-19-14-12(18)6-11(17)8-22(14)16/h6,8,10H,2-5,7,9H2,1H3. The molecule has 0 radical (unpaired) electrons. The summed E-state index contributed by atoms with van der Waals surface area (Å²) in [5, 5.41) is 9.49. The van der Waals surface area contributed by atoms with Crippen molar-refractivity contribution < 1.29 is 14.3 Å². The van der Waals surface area contributed by atoms with Crippen LogP contribution in [-0.2, 0) is 14.3 Å². The molecule has 1 fully saturated rings. The SMILES string of the molecule is CCOC(=O)C1CCCN(C(=O)CSc2nnc3c(Cl)cc(Cl)cn23)C1. The summed E-state index contributed by atoms with van der Waals surface area (Å²) in [5.74, 6) is -0.330. The molecular weight excluding hydrogens is 399 g/mol. The van der Waals surface area contributed by atoms with E-state index in [1.165, 1.54) is 11.8 Å². The van der Waals surface area contributed by atoms with Crippen LogP contribution in [0.25, 0.3) is 5.65 Å². The summed E-state index contributed by atoms with van der Waals surface area (Å²) in [6.07, 6.45) is 3.20. The molecule has 3 rings (SSSR count). The summed E-state index contributed by atoms with van der Waals surface area (Å²) in [4.78, 5) is 26.2. The number of pyridine rings is 1. The van der Waals surface area contributed by atoms with Gasteiger partial charge in [0.25, 0.3) is 0 Å². The predicted molar refractivity (Wildman–Crippen MR) is 99.7 cm³/mol. The van der Waals surface area contributed by atoms with Gasteiger partial charge in [0.05, 0.1) is 28.3 Å². The van der Waals surface area contributed by atoms with Crippen molar-refractivity contribution in [1.29, 1.82) is 0 Å². The average Bonchev–Trinajstić information content (AvgIpc) is 3.03. The highest BCUT2D eigenvalue weighted by Gasteiger charge is 2.29. The molecule has 0 saturated carbocycles. The first kappa shape index (κ1) is 19.3. The molecule has 0 bridgehead atoms. The first-order valence-corrected chi connectivity index (χ1v) is 10.0. The number of carbonyl (C=O) groups is 2. The summed E-state index contributed by atoms with van der Waals surface area (Å²) < 4.78 is 6.74. The van der Waals surface area contributed by atoms with E-state index in [4.69, 9.17) is 27.9 Å². The molecule has 0 spiro atoms. The van der Waals surface area contributed by atoms with Crippen molar-refractivity contribution in [2.75, 3.05) is 25.4 Å². The molecule has 1 aliphatic heterocycles. The fourth-order valence-electron chi connectivity index (χ4n) is 2.87. The monoisotopic (exact) mass is 416 g/mol. The summed E-state index contributed by atoms with van der Waals surface area (Å²) >= 11 is 13.4. The molecule has 26 heavy (non-hydrogen) atoms. The van der Waals surface area contributed by atoms with Crippen LogP contribution in [0.4, 0.5) is 0 Å². The highest BCUT2D eigenvalue weighted by atomic mass is 35.5. The maximum atomic E-state index is 12.5. The number of carbonyl (C=O) groups excluding carboxylic acids is 2. The van der Waals surface area contributed by atoms with E-state index in [1.807, 2.05) is 0 Å². The van der Waals surface area contributed by atoms with Gasteiger partial charge in [-0.2, -0.15) is 0 Å². The topological polar surface area (TPSA) is 76.8 Å². The number of amides is 1. The second kappa shape index (κ2) is 8.45. The number of nitrogens with zero attached hydrogens (tertiary/aromatic N) is 4. The van der Waals surface area contributed by atoms with Gasteiger partial charge in [0.15, 0.2) is 10.8 Å². The quantitative estimate of drug-likeness (QED) is 0.550. The molecule has 140 valence electrons. The number of hydrogen-bond donors (Lipinski definition) is 0. The van der Waals surface area contributed by atoms with Crippen molar-refractivity contribution in [1.82, 2.24) is 19.5 Å². The number of rotatable bonds is 5. The molecule has 1 atom stereocenters. The molecule has 0 aromatic carbocycles. The molecule has 0 N–H and O–H groups in total. The Balaban J connectivity index is 1.63. The van der Waals surface area contributed by atoms with Crippen LogP contribution in [-0.4, -0.2) is 56.8 Å². The van der Waals surface area contributed by atoms with Gasteiger partial charge in [0, 0.05) is 19.3 Å². The van der Waals surface area contributed by atoms with Gasteiger partial charge in [-0.1, -0.05) is 35.0 Å². The normalized spacial score (nSPS) is 17.5. The lowest BCUT2D eigenvalue weighted by atomic mass is 9.98. The van der Waals surface area contributed by atoms with Gasteiger partial charge >= 0.3 is 5.97 Å². The molecule has 7 nitrogen and oxygen atoms in total. The summed E-state index contributed by atoms with van der Waals surface area (Å²) in [6, 6.07) is 1.59. The van der Waals surface area contributed by atoms with Gasteiger partial charge < -0.3 is 9.64 Å². The Hall–Kier alpha value is -1.51. The molecule has 10 heteroatoms. The third-order valence-electron chi connectivity index (χ3n) is 4.11. The number of piperidine rings is 1. The van der Waals surface area contributed by atoms with E-state index in [9.17, 15) is 9.59 Å². The molecule has 2 aromatic heterocycles. The van der Waals surface area contributed by atoms with Crippen molar-refractivity contribution in [3.63, 3.8) is 0 Å². The van der Waals surface area contributed by atoms with Crippen LogP contribution in [0.1, 0.15) is 19.8 Å². The van der Waals surface area contributed by atoms with Gasteiger partial charge in [0.1, 0.15) is 0 Å². The smallest absolute Gasteiger partial charge is 0.310 e. The van der Waals surface area contributed by atoms with Crippen molar-refractivity contribution >= 4 is 52.5 Å². The van der Waals surface area contributed by atoms with E-state index < -0.39 is 0 Å². The Morgan fingerprint density at radius 3 is 2.96 bits per heavy atom. The maximum Gasteiger partial charge on any atom is 0.310 e. The van der Waals surface area contributed by atoms with Crippen molar-refractivity contribution in [3.05, 3.63) is 22.3 Å². The first-order chi connectivity index (χ1) is 12.5. The maximum absolute atomic E-state index is 12.5. The molecule has 3 heterocycles. The number of aromatic nitrogens is 3. The molecule has 1 saturated heterocycles. The second-order valence-corrected chi connectivity index (χ2v) is 7.69. The highest BCUT2D eigenvalue weighted by molar-refractivity contribution is 7.99. The predicted octanol–water partition coefficient (Wildman–Crippen LogP) is 2.93. The number of thioether (sulfide) groups is 1. The van der Waals surface area contributed by atoms with E-state index in [2.05, 4.69) is 10.2 Å². The molecule has 0 aliphatic carbocycles. The Morgan fingerprint density at radius 1 is 1.38 bits per heavy atom. The molecule has 1 aliphatic rings. The Kier molecular flexibility index (Phi) is 6.26.